The molecule has 1 heterocycles. The number of amides is 2. The Bertz CT molecular complexity index is 1350. The molecule has 3 aromatic carbocycles. The van der Waals surface area contributed by atoms with E-state index in [0.717, 1.165) is 17.7 Å². The molecular weight excluding hydrogens is 569 g/mol. The highest BCUT2D eigenvalue weighted by atomic mass is 35.5. The fraction of sp³-hybridized carbons (Fsp3) is 0.300. The quantitative estimate of drug-likeness (QED) is 0.232. The summed E-state index contributed by atoms with van der Waals surface area (Å²) in [5.74, 6) is 0.857. The number of rotatable bonds is 12. The summed E-state index contributed by atoms with van der Waals surface area (Å²) in [4.78, 5) is 30.1. The first-order chi connectivity index (χ1) is 19.3. The molecule has 0 spiro atoms. The van der Waals surface area contributed by atoms with Crippen LogP contribution < -0.4 is 19.7 Å². The molecule has 0 saturated carbocycles. The maximum absolute atomic E-state index is 13.7. The van der Waals surface area contributed by atoms with E-state index >= 15 is 0 Å². The Labute approximate surface area is 250 Å². The molecule has 1 atom stereocenters. The zero-order chi connectivity index (χ0) is 28.6. The van der Waals surface area contributed by atoms with Crippen molar-refractivity contribution in [3.63, 3.8) is 0 Å². The lowest BCUT2D eigenvalue weighted by atomic mass is 10.1. The van der Waals surface area contributed by atoms with Gasteiger partial charge in [-0.2, -0.15) is 0 Å². The van der Waals surface area contributed by atoms with E-state index < -0.39 is 6.04 Å². The molecule has 7 nitrogen and oxygen atoms in total. The van der Waals surface area contributed by atoms with Crippen LogP contribution in [0.2, 0.25) is 10.0 Å². The van der Waals surface area contributed by atoms with Crippen molar-refractivity contribution in [1.29, 1.82) is 0 Å². The van der Waals surface area contributed by atoms with E-state index in [1.54, 1.807) is 65.6 Å². The van der Waals surface area contributed by atoms with Crippen LogP contribution in [0.4, 0.5) is 11.4 Å². The van der Waals surface area contributed by atoms with Gasteiger partial charge in [0.1, 0.15) is 17.5 Å². The molecule has 0 aliphatic carbocycles. The van der Waals surface area contributed by atoms with Gasteiger partial charge >= 0.3 is 0 Å². The molecule has 0 bridgehead atoms. The molecule has 3 aromatic rings. The van der Waals surface area contributed by atoms with Crippen LogP contribution in [0.1, 0.15) is 32.3 Å². The number of hydrogen-bond acceptors (Lipinski definition) is 5. The van der Waals surface area contributed by atoms with Crippen molar-refractivity contribution >= 4 is 63.7 Å². The summed E-state index contributed by atoms with van der Waals surface area (Å²) in [5.41, 5.74) is 2.10. The Hall–Kier alpha value is -3.33. The summed E-state index contributed by atoms with van der Waals surface area (Å²) in [5, 5.41) is 4.29. The molecule has 1 N–H and O–H groups in total. The van der Waals surface area contributed by atoms with Crippen LogP contribution in [0.15, 0.2) is 66.7 Å². The average Bonchev–Trinajstić information content (AvgIpc) is 3.16. The third kappa shape index (κ3) is 7.24. The molecule has 0 radical (unpaired) electrons. The van der Waals surface area contributed by atoms with Crippen LogP contribution in [0, 0.1) is 0 Å². The van der Waals surface area contributed by atoms with Crippen molar-refractivity contribution in [3.8, 4) is 11.5 Å². The highest BCUT2D eigenvalue weighted by Crippen LogP contribution is 2.30. The Balaban J connectivity index is 1.52. The van der Waals surface area contributed by atoms with E-state index in [9.17, 15) is 9.59 Å². The summed E-state index contributed by atoms with van der Waals surface area (Å²) in [6.45, 7) is 5.49. The van der Waals surface area contributed by atoms with Gasteiger partial charge in [-0.05, 0) is 98.2 Å². The molecule has 0 unspecified atom stereocenters. The number of benzene rings is 3. The minimum Gasteiger partial charge on any atom is -0.494 e. The van der Waals surface area contributed by atoms with Crippen molar-refractivity contribution in [1.82, 2.24) is 4.90 Å². The van der Waals surface area contributed by atoms with Gasteiger partial charge in [0, 0.05) is 22.3 Å². The number of thiocarbonyl (C=S) groups is 1. The molecule has 1 fully saturated rings. The monoisotopic (exact) mass is 599 g/mol. The Morgan fingerprint density at radius 3 is 2.30 bits per heavy atom. The number of carbonyl (C=O) groups is 2. The van der Waals surface area contributed by atoms with Crippen LogP contribution in [0.3, 0.4) is 0 Å². The van der Waals surface area contributed by atoms with Crippen molar-refractivity contribution in [3.05, 3.63) is 82.3 Å². The van der Waals surface area contributed by atoms with Gasteiger partial charge in [0.15, 0.2) is 5.11 Å². The van der Waals surface area contributed by atoms with Gasteiger partial charge in [0.05, 0.1) is 25.3 Å². The van der Waals surface area contributed by atoms with E-state index in [1.165, 1.54) is 4.90 Å². The van der Waals surface area contributed by atoms with Crippen LogP contribution in [0.5, 0.6) is 11.5 Å². The maximum atomic E-state index is 13.7. The van der Waals surface area contributed by atoms with Crippen molar-refractivity contribution in [2.24, 2.45) is 0 Å². The summed E-state index contributed by atoms with van der Waals surface area (Å²) < 4.78 is 11.1. The Morgan fingerprint density at radius 1 is 0.975 bits per heavy atom. The minimum absolute atomic E-state index is 0.0745. The van der Waals surface area contributed by atoms with Crippen LogP contribution in [0.25, 0.3) is 0 Å². The highest BCUT2D eigenvalue weighted by molar-refractivity contribution is 7.80. The number of nitrogens with one attached hydrogen (secondary N) is 1. The minimum atomic E-state index is -0.780. The van der Waals surface area contributed by atoms with E-state index in [1.807, 2.05) is 19.9 Å². The molecule has 0 aromatic heterocycles. The van der Waals surface area contributed by atoms with Crippen LogP contribution in [-0.4, -0.2) is 47.6 Å². The molecule has 40 heavy (non-hydrogen) atoms. The number of halogens is 2. The van der Waals surface area contributed by atoms with Crippen LogP contribution >= 0.6 is 35.4 Å². The van der Waals surface area contributed by atoms with Gasteiger partial charge in [-0.25, -0.2) is 0 Å². The van der Waals surface area contributed by atoms with E-state index in [2.05, 4.69) is 5.32 Å². The second-order valence-electron chi connectivity index (χ2n) is 9.20. The second kappa shape index (κ2) is 13.8. The fourth-order valence-electron chi connectivity index (χ4n) is 4.39. The molecule has 210 valence electrons. The fourth-order valence-corrected chi connectivity index (χ4v) is 5.31. The van der Waals surface area contributed by atoms with Crippen molar-refractivity contribution in [2.45, 2.75) is 39.2 Å². The summed E-state index contributed by atoms with van der Waals surface area (Å²) in [6.07, 6.45) is 1.34. The topological polar surface area (TPSA) is 71.1 Å². The smallest absolute Gasteiger partial charge is 0.256 e. The summed E-state index contributed by atoms with van der Waals surface area (Å²) >= 11 is 18.2. The van der Waals surface area contributed by atoms with E-state index in [-0.39, 0.29) is 18.2 Å². The SMILES string of the molecule is CCCOc1ccc(NC(=O)C[C@@H]2C(=O)N(c3ccc(OCC)cc3)C(=S)N2CCc2ccc(Cl)cc2Cl)cc1. The number of carbonyl (C=O) groups excluding carboxylic acids is 2. The second-order valence-corrected chi connectivity index (χ2v) is 10.4. The Kier molecular flexibility index (Phi) is 10.3. The summed E-state index contributed by atoms with van der Waals surface area (Å²) in [7, 11) is 0. The third-order valence-electron chi connectivity index (χ3n) is 6.35. The van der Waals surface area contributed by atoms with Crippen molar-refractivity contribution in [2.75, 3.05) is 30.0 Å². The average molecular weight is 601 g/mol. The highest BCUT2D eigenvalue weighted by Gasteiger charge is 2.44. The molecule has 2 amide bonds. The summed E-state index contributed by atoms with van der Waals surface area (Å²) in [6, 6.07) is 18.8. The van der Waals surface area contributed by atoms with Gasteiger partial charge in [-0.15, -0.1) is 0 Å². The van der Waals surface area contributed by atoms with E-state index in [0.29, 0.717) is 58.5 Å². The van der Waals surface area contributed by atoms with Gasteiger partial charge < -0.3 is 19.7 Å². The predicted octanol–water partition coefficient (Wildman–Crippen LogP) is 6.75. The van der Waals surface area contributed by atoms with Crippen molar-refractivity contribution < 1.29 is 19.1 Å². The largest absolute Gasteiger partial charge is 0.494 e. The van der Waals surface area contributed by atoms with E-state index in [4.69, 9.17) is 44.9 Å². The predicted molar refractivity (Wildman–Crippen MR) is 164 cm³/mol. The van der Waals surface area contributed by atoms with Gasteiger partial charge in [-0.3, -0.25) is 14.5 Å². The first-order valence-corrected chi connectivity index (χ1v) is 14.3. The third-order valence-corrected chi connectivity index (χ3v) is 7.36. The lowest BCUT2D eigenvalue weighted by Gasteiger charge is -2.24. The number of ether oxygens (including phenoxy) is 2. The zero-order valence-corrected chi connectivity index (χ0v) is 24.7. The van der Waals surface area contributed by atoms with Crippen LogP contribution in [-0.2, 0) is 16.0 Å². The molecule has 10 heteroatoms. The molecule has 1 saturated heterocycles. The molecule has 1 aliphatic heterocycles. The zero-order valence-electron chi connectivity index (χ0n) is 22.4. The molecular formula is C30H31Cl2N3O4S. The lowest BCUT2D eigenvalue weighted by Crippen LogP contribution is -2.39. The maximum Gasteiger partial charge on any atom is 0.256 e. The van der Waals surface area contributed by atoms with Gasteiger partial charge in [0.25, 0.3) is 5.91 Å². The first kappa shape index (κ1) is 29.6. The first-order valence-electron chi connectivity index (χ1n) is 13.1. The lowest BCUT2D eigenvalue weighted by molar-refractivity contribution is -0.124. The molecule has 4 rings (SSSR count). The normalized spacial score (nSPS) is 14.9. The molecule has 1 aliphatic rings. The number of hydrogen-bond donors (Lipinski definition) is 1. The standard InChI is InChI=1S/C30H31Cl2N3O4S/c1-3-17-39-25-11-7-22(8-12-25)33-28(36)19-27-29(37)35(23-9-13-24(14-10-23)38-4-2)30(40)34(27)16-15-20-5-6-21(31)18-26(20)32/h5-14,18,27H,3-4,15-17,19H2,1-2H3,(H,33,36)/t27-/m1/s1. The number of nitrogens with zero attached hydrogens (tertiary/aromatic N) is 2. The van der Waals surface area contributed by atoms with Gasteiger partial charge in [0.2, 0.25) is 5.91 Å². The van der Waals surface area contributed by atoms with Gasteiger partial charge in [-0.1, -0.05) is 36.2 Å². The Morgan fingerprint density at radius 2 is 1.65 bits per heavy atom. The number of anilines is 2.